The molecule has 0 fully saturated rings. The normalized spacial score (nSPS) is 10.5. The number of carboxylic acid groups (broad SMARTS) is 1. The number of aryl methyl sites for hydroxylation is 1. The van der Waals surface area contributed by atoms with Crippen LogP contribution < -0.4 is 5.43 Å². The Labute approximate surface area is 127 Å². The van der Waals surface area contributed by atoms with Gasteiger partial charge in [0, 0.05) is 15.3 Å². The molecule has 1 N–H and O–H groups in total. The number of carbonyl (C=O) groups is 1. The van der Waals surface area contributed by atoms with E-state index in [4.69, 9.17) is 16.7 Å². The van der Waals surface area contributed by atoms with E-state index in [9.17, 15) is 9.59 Å². The molecule has 0 bridgehead atoms. The van der Waals surface area contributed by atoms with Gasteiger partial charge in [0.1, 0.15) is 0 Å². The van der Waals surface area contributed by atoms with Gasteiger partial charge in [-0.1, -0.05) is 11.6 Å². The lowest BCUT2D eigenvalue weighted by atomic mass is 10.3. The second-order valence-electron chi connectivity index (χ2n) is 3.81. The number of nitrogens with zero attached hydrogens (tertiary/aromatic N) is 2. The monoisotopic (exact) mass is 390 g/mol. The number of halogens is 2. The van der Waals surface area contributed by atoms with Crippen LogP contribution >= 0.6 is 34.2 Å². The van der Waals surface area contributed by atoms with Crippen molar-refractivity contribution < 1.29 is 9.90 Å². The molecule has 0 atom stereocenters. The largest absolute Gasteiger partial charge is 0.476 e. The van der Waals surface area contributed by atoms with Crippen LogP contribution in [0.2, 0.25) is 5.02 Å². The van der Waals surface area contributed by atoms with Crippen molar-refractivity contribution >= 4 is 40.2 Å². The fourth-order valence-corrected chi connectivity index (χ4v) is 2.26. The molecule has 1 aromatic heterocycles. The molecule has 0 amide bonds. The summed E-state index contributed by atoms with van der Waals surface area (Å²) in [6.45, 7) is 1.66. The van der Waals surface area contributed by atoms with Gasteiger partial charge in [-0.15, -0.1) is 0 Å². The van der Waals surface area contributed by atoms with Crippen molar-refractivity contribution in [2.24, 2.45) is 0 Å². The van der Waals surface area contributed by atoms with Gasteiger partial charge in [-0.05, 0) is 47.7 Å². The predicted octanol–water partition coefficient (Wildman–Crippen LogP) is 2.50. The van der Waals surface area contributed by atoms with Crippen molar-refractivity contribution in [3.63, 3.8) is 0 Å². The molecule has 7 heteroatoms. The van der Waals surface area contributed by atoms with E-state index in [1.54, 1.807) is 19.1 Å². The SMILES string of the molecule is Cc1cc(=O)c(C(=O)O)nn1-c1cc(I)ccc1Cl. The second kappa shape index (κ2) is 5.30. The first kappa shape index (κ1) is 14.0. The summed E-state index contributed by atoms with van der Waals surface area (Å²) in [5, 5.41) is 13.2. The van der Waals surface area contributed by atoms with Crippen LogP contribution in [0, 0.1) is 10.5 Å². The van der Waals surface area contributed by atoms with Gasteiger partial charge in [0.25, 0.3) is 0 Å². The van der Waals surface area contributed by atoms with E-state index in [2.05, 4.69) is 27.7 Å². The van der Waals surface area contributed by atoms with Gasteiger partial charge in [0.15, 0.2) is 0 Å². The van der Waals surface area contributed by atoms with Gasteiger partial charge in [-0.3, -0.25) is 4.79 Å². The molecular formula is C12H8ClIN2O3. The van der Waals surface area contributed by atoms with E-state index in [1.165, 1.54) is 10.7 Å². The van der Waals surface area contributed by atoms with Gasteiger partial charge in [0.2, 0.25) is 11.1 Å². The summed E-state index contributed by atoms with van der Waals surface area (Å²) in [7, 11) is 0. The highest BCUT2D eigenvalue weighted by Crippen LogP contribution is 2.22. The van der Waals surface area contributed by atoms with Crippen molar-refractivity contribution in [2.75, 3.05) is 0 Å². The first-order chi connectivity index (χ1) is 8.90. The highest BCUT2D eigenvalue weighted by molar-refractivity contribution is 14.1. The first-order valence-corrected chi connectivity index (χ1v) is 6.65. The molecule has 1 aromatic carbocycles. The Morgan fingerprint density at radius 2 is 2.11 bits per heavy atom. The molecule has 98 valence electrons. The molecule has 0 unspecified atom stereocenters. The van der Waals surface area contributed by atoms with Crippen LogP contribution in [0.5, 0.6) is 0 Å². The van der Waals surface area contributed by atoms with E-state index < -0.39 is 17.1 Å². The lowest BCUT2D eigenvalue weighted by Crippen LogP contribution is -2.22. The average Bonchev–Trinajstić information content (AvgIpc) is 2.32. The standard InChI is InChI=1S/C12H8ClIN2O3/c1-6-4-10(17)11(12(18)19)15-16(6)9-5-7(14)2-3-8(9)13/h2-5H,1H3,(H,18,19). The molecule has 1 heterocycles. The summed E-state index contributed by atoms with van der Waals surface area (Å²) >= 11 is 8.20. The lowest BCUT2D eigenvalue weighted by molar-refractivity contribution is 0.0686. The zero-order chi connectivity index (χ0) is 14.2. The van der Waals surface area contributed by atoms with Crippen molar-refractivity contribution in [1.29, 1.82) is 0 Å². The Hall–Kier alpha value is -1.41. The zero-order valence-corrected chi connectivity index (χ0v) is 12.6. The maximum atomic E-state index is 11.5. The van der Waals surface area contributed by atoms with E-state index in [-0.39, 0.29) is 0 Å². The average molecular weight is 391 g/mol. The van der Waals surface area contributed by atoms with Crippen LogP contribution in [0.25, 0.3) is 5.69 Å². The highest BCUT2D eigenvalue weighted by Gasteiger charge is 2.15. The molecule has 0 aliphatic heterocycles. The highest BCUT2D eigenvalue weighted by atomic mass is 127. The minimum absolute atomic E-state index is 0.427. The molecule has 0 spiro atoms. The van der Waals surface area contributed by atoms with Gasteiger partial charge in [-0.2, -0.15) is 5.10 Å². The molecule has 0 radical (unpaired) electrons. The third kappa shape index (κ3) is 2.79. The van der Waals surface area contributed by atoms with E-state index in [1.807, 2.05) is 6.07 Å². The van der Waals surface area contributed by atoms with Gasteiger partial charge < -0.3 is 5.11 Å². The quantitative estimate of drug-likeness (QED) is 0.800. The smallest absolute Gasteiger partial charge is 0.360 e. The number of carboxylic acids is 1. The topological polar surface area (TPSA) is 72.2 Å². The second-order valence-corrected chi connectivity index (χ2v) is 5.46. The number of hydrogen-bond acceptors (Lipinski definition) is 3. The fourth-order valence-electron chi connectivity index (χ4n) is 1.59. The minimum atomic E-state index is -1.36. The number of aromatic carboxylic acids is 1. The molecule has 5 nitrogen and oxygen atoms in total. The minimum Gasteiger partial charge on any atom is -0.476 e. The summed E-state index contributed by atoms with van der Waals surface area (Å²) in [6.07, 6.45) is 0. The molecule has 2 aromatic rings. The van der Waals surface area contributed by atoms with Crippen molar-refractivity contribution in [2.45, 2.75) is 6.92 Å². The first-order valence-electron chi connectivity index (χ1n) is 5.20. The van der Waals surface area contributed by atoms with Crippen molar-refractivity contribution in [3.8, 4) is 5.69 Å². The number of benzene rings is 1. The Morgan fingerprint density at radius 3 is 2.74 bits per heavy atom. The Balaban J connectivity index is 2.75. The van der Waals surface area contributed by atoms with Crippen LogP contribution in [-0.4, -0.2) is 20.9 Å². The summed E-state index contributed by atoms with van der Waals surface area (Å²) in [6, 6.07) is 6.51. The van der Waals surface area contributed by atoms with E-state index >= 15 is 0 Å². The molecule has 0 saturated heterocycles. The van der Waals surface area contributed by atoms with Gasteiger partial charge in [-0.25, -0.2) is 9.48 Å². The van der Waals surface area contributed by atoms with E-state index in [0.29, 0.717) is 16.4 Å². The van der Waals surface area contributed by atoms with Crippen LogP contribution in [-0.2, 0) is 0 Å². The Bertz CT molecular complexity index is 727. The van der Waals surface area contributed by atoms with Gasteiger partial charge in [0.05, 0.1) is 10.7 Å². The molecule has 0 saturated carbocycles. The molecule has 19 heavy (non-hydrogen) atoms. The van der Waals surface area contributed by atoms with Crippen molar-refractivity contribution in [1.82, 2.24) is 9.78 Å². The van der Waals surface area contributed by atoms with Crippen LogP contribution in [0.3, 0.4) is 0 Å². The lowest BCUT2D eigenvalue weighted by Gasteiger charge is -2.11. The Morgan fingerprint density at radius 1 is 1.42 bits per heavy atom. The number of rotatable bonds is 2. The van der Waals surface area contributed by atoms with E-state index in [0.717, 1.165) is 3.57 Å². The summed E-state index contributed by atoms with van der Waals surface area (Å²) in [5.74, 6) is -1.36. The molecule has 0 aliphatic carbocycles. The zero-order valence-electron chi connectivity index (χ0n) is 9.72. The number of aromatic nitrogens is 2. The van der Waals surface area contributed by atoms with Gasteiger partial charge >= 0.3 is 5.97 Å². The maximum absolute atomic E-state index is 11.5. The number of hydrogen-bond donors (Lipinski definition) is 1. The fraction of sp³-hybridized carbons (Fsp3) is 0.0833. The summed E-state index contributed by atoms with van der Waals surface area (Å²) < 4.78 is 2.28. The van der Waals surface area contributed by atoms with Crippen LogP contribution in [0.1, 0.15) is 16.2 Å². The van der Waals surface area contributed by atoms with Crippen LogP contribution in [0.4, 0.5) is 0 Å². The third-order valence-electron chi connectivity index (χ3n) is 2.45. The van der Waals surface area contributed by atoms with Crippen LogP contribution in [0.15, 0.2) is 29.1 Å². The molecular weight excluding hydrogens is 382 g/mol. The van der Waals surface area contributed by atoms with Crippen molar-refractivity contribution in [3.05, 3.63) is 54.5 Å². The summed E-state index contributed by atoms with van der Waals surface area (Å²) in [4.78, 5) is 22.5. The third-order valence-corrected chi connectivity index (χ3v) is 3.44. The Kier molecular flexibility index (Phi) is 3.91. The molecule has 0 aliphatic rings. The predicted molar refractivity (Wildman–Crippen MR) is 79.3 cm³/mol. The summed E-state index contributed by atoms with van der Waals surface area (Å²) in [5.41, 5.74) is -0.101. The molecule has 2 rings (SSSR count). The maximum Gasteiger partial charge on any atom is 0.360 e.